The molecular formula is C23H43N5O6S. The maximum absolute atomic E-state index is 12.4. The van der Waals surface area contributed by atoms with Crippen LogP contribution in [0, 0.1) is 0 Å². The van der Waals surface area contributed by atoms with E-state index in [0.717, 1.165) is 18.6 Å². The number of fused-ring (bicyclic) bond motifs is 1. The van der Waals surface area contributed by atoms with Crippen LogP contribution in [-0.2, 0) is 23.8 Å². The molecule has 0 bridgehead atoms. The van der Waals surface area contributed by atoms with E-state index in [0.29, 0.717) is 11.7 Å². The minimum Gasteiger partial charge on any atom is -0.379 e. The maximum Gasteiger partial charge on any atom is 0.315 e. The normalized spacial score (nSPS) is 25.9. The van der Waals surface area contributed by atoms with Gasteiger partial charge < -0.3 is 40.8 Å². The lowest BCUT2D eigenvalue weighted by atomic mass is 10.0. The van der Waals surface area contributed by atoms with Crippen LogP contribution in [0.15, 0.2) is 0 Å². The minimum absolute atomic E-state index is 0.106. The zero-order valence-electron chi connectivity index (χ0n) is 28.1. The fourth-order valence-corrected chi connectivity index (χ4v) is 5.09. The largest absolute Gasteiger partial charge is 0.379 e. The molecule has 0 aromatic rings. The zero-order chi connectivity index (χ0) is 32.5. The highest BCUT2D eigenvalue weighted by molar-refractivity contribution is 8.00. The molecule has 0 aliphatic carbocycles. The molecule has 5 N–H and O–H groups in total. The van der Waals surface area contributed by atoms with Gasteiger partial charge in [-0.05, 0) is 32.1 Å². The Balaban J connectivity index is 1.60. The molecule has 0 aromatic heterocycles. The van der Waals surface area contributed by atoms with Crippen LogP contribution < -0.4 is 21.7 Å². The molecule has 35 heavy (non-hydrogen) atoms. The Kier molecular flexibility index (Phi) is 9.90. The Morgan fingerprint density at radius 2 is 1.86 bits per heavy atom. The van der Waals surface area contributed by atoms with Gasteiger partial charge in [0.15, 0.2) is 0 Å². The molecule has 2 fully saturated rings. The van der Waals surface area contributed by atoms with Crippen LogP contribution in [0.2, 0.25) is 0 Å². The summed E-state index contributed by atoms with van der Waals surface area (Å²) in [6.07, 6.45) is -2.50. The summed E-state index contributed by atoms with van der Waals surface area (Å²) in [7, 11) is 1.46. The number of nitrogens with zero attached hydrogens (tertiary/aromatic N) is 1. The molecule has 2 aliphatic rings. The highest BCUT2D eigenvalue weighted by atomic mass is 32.2. The molecule has 0 aromatic carbocycles. The van der Waals surface area contributed by atoms with Crippen LogP contribution in [0.1, 0.15) is 49.4 Å². The summed E-state index contributed by atoms with van der Waals surface area (Å²) >= 11 is 1.80. The lowest BCUT2D eigenvalue weighted by molar-refractivity contribution is -0.134. The molecule has 0 unspecified atom stereocenters. The summed E-state index contributed by atoms with van der Waals surface area (Å²) in [6, 6.07) is 0.111. The Labute approximate surface area is 224 Å². The standard InChI is InChI=1S/C23H43N5O6S/c1-28(21(30)7-3-2-6-19-22-18(17-35-19)26-23(31)27-22)16-20(29)25-9-5-11-33-13-15-34-14-12-32-10-4-8-24/h18-19,22H,2-17,24H2,1H3,(H,25,29)(H2,26,27,31)/t18-,19-,22-/m0/s1/i4D2,5D2,10D2,11D2. The Bertz CT molecular complexity index is 954. The molecule has 11 nitrogen and oxygen atoms in total. The number of likely N-dealkylation sites (N-methyl/N-ethyl adjacent to an activating group) is 1. The van der Waals surface area contributed by atoms with Crippen molar-refractivity contribution in [2.75, 3.05) is 72.0 Å². The molecule has 0 saturated carbocycles. The van der Waals surface area contributed by atoms with Crippen molar-refractivity contribution in [3.05, 3.63) is 0 Å². The number of ether oxygens (including phenoxy) is 3. The van der Waals surface area contributed by atoms with Crippen molar-refractivity contribution in [3.63, 3.8) is 0 Å². The summed E-state index contributed by atoms with van der Waals surface area (Å²) in [4.78, 5) is 37.5. The first kappa shape index (κ1) is 19.5. The zero-order valence-corrected chi connectivity index (χ0v) is 20.9. The van der Waals surface area contributed by atoms with Gasteiger partial charge >= 0.3 is 6.03 Å². The van der Waals surface area contributed by atoms with Gasteiger partial charge in [-0.1, -0.05) is 6.42 Å². The van der Waals surface area contributed by atoms with Gasteiger partial charge in [0.25, 0.3) is 0 Å². The number of nitrogens with one attached hydrogen (secondary N) is 3. The maximum atomic E-state index is 12.4. The first-order valence-electron chi connectivity index (χ1n) is 15.7. The second-order valence-electron chi connectivity index (χ2n) is 7.97. The average molecular weight is 526 g/mol. The van der Waals surface area contributed by atoms with Crippen molar-refractivity contribution in [2.24, 2.45) is 5.73 Å². The predicted molar refractivity (Wildman–Crippen MR) is 135 cm³/mol. The fourth-order valence-electron chi connectivity index (χ4n) is 3.54. The molecule has 2 heterocycles. The summed E-state index contributed by atoms with van der Waals surface area (Å²) in [5.74, 6) is -0.0395. The Hall–Kier alpha value is -1.60. The smallest absolute Gasteiger partial charge is 0.315 e. The molecular weight excluding hydrogens is 474 g/mol. The van der Waals surface area contributed by atoms with Crippen LogP contribution in [0.4, 0.5) is 4.79 Å². The van der Waals surface area contributed by atoms with E-state index in [1.54, 1.807) is 11.8 Å². The number of rotatable bonds is 20. The van der Waals surface area contributed by atoms with Gasteiger partial charge in [-0.3, -0.25) is 9.59 Å². The van der Waals surface area contributed by atoms with E-state index < -0.39 is 44.9 Å². The first-order valence-corrected chi connectivity index (χ1v) is 12.7. The molecule has 0 spiro atoms. The SMILES string of the molecule is [2H]C([2H])(CN)C([2H])([2H])OCCOCCOC([2H])([2H])C([2H])([2H])CNC(=O)CN(C)C(=O)CCCC[C@@H]1SC[C@@H]2NC(=O)N[C@@H]21. The van der Waals surface area contributed by atoms with E-state index in [-0.39, 0.29) is 63.4 Å². The lowest BCUT2D eigenvalue weighted by Gasteiger charge is -2.18. The number of amides is 4. The van der Waals surface area contributed by atoms with Crippen LogP contribution in [0.5, 0.6) is 0 Å². The number of carbonyl (C=O) groups excluding carboxylic acids is 3. The number of thioether (sulfide) groups is 1. The summed E-state index contributed by atoms with van der Waals surface area (Å²) < 4.78 is 76.9. The molecule has 2 aliphatic heterocycles. The summed E-state index contributed by atoms with van der Waals surface area (Å²) in [5.41, 5.74) is 5.20. The van der Waals surface area contributed by atoms with Crippen LogP contribution >= 0.6 is 11.8 Å². The molecule has 2 rings (SSSR count). The van der Waals surface area contributed by atoms with Gasteiger partial charge in [0.05, 0.1) is 50.5 Å². The van der Waals surface area contributed by atoms with Crippen molar-refractivity contribution in [1.82, 2.24) is 20.9 Å². The third-order valence-electron chi connectivity index (χ3n) is 5.30. The van der Waals surface area contributed by atoms with E-state index in [1.807, 2.05) is 0 Å². The molecule has 0 radical (unpaired) electrons. The highest BCUT2D eigenvalue weighted by Gasteiger charge is 2.42. The molecule has 12 heteroatoms. The van der Waals surface area contributed by atoms with Crippen molar-refractivity contribution in [2.45, 2.75) is 55.8 Å². The van der Waals surface area contributed by atoms with Crippen molar-refractivity contribution >= 4 is 29.6 Å². The third-order valence-corrected chi connectivity index (χ3v) is 6.81. The predicted octanol–water partition coefficient (Wildman–Crippen LogP) is 0.0755. The average Bonchev–Trinajstić information content (AvgIpc) is 3.47. The fraction of sp³-hybridized carbons (Fsp3) is 0.870. The van der Waals surface area contributed by atoms with Crippen molar-refractivity contribution in [3.8, 4) is 0 Å². The highest BCUT2D eigenvalue weighted by Crippen LogP contribution is 2.33. The van der Waals surface area contributed by atoms with E-state index in [1.165, 1.54) is 11.9 Å². The molecule has 202 valence electrons. The van der Waals surface area contributed by atoms with Crippen LogP contribution in [0.3, 0.4) is 0 Å². The third kappa shape index (κ3) is 12.3. The Morgan fingerprint density at radius 3 is 2.60 bits per heavy atom. The van der Waals surface area contributed by atoms with Gasteiger partial charge in [0.2, 0.25) is 11.8 Å². The topological polar surface area (TPSA) is 144 Å². The number of hydrogen-bond donors (Lipinski definition) is 4. The second-order valence-corrected chi connectivity index (χ2v) is 9.24. The number of carbonyl (C=O) groups is 3. The van der Waals surface area contributed by atoms with Gasteiger partial charge in [0, 0.05) is 49.6 Å². The van der Waals surface area contributed by atoms with Gasteiger partial charge in [-0.25, -0.2) is 4.79 Å². The number of urea groups is 1. The van der Waals surface area contributed by atoms with Crippen molar-refractivity contribution < 1.29 is 39.6 Å². The molecule has 2 saturated heterocycles. The Morgan fingerprint density at radius 1 is 1.14 bits per heavy atom. The summed E-state index contributed by atoms with van der Waals surface area (Å²) in [6.45, 7) is -8.03. The number of hydrogen-bond acceptors (Lipinski definition) is 8. The molecule has 4 amide bonds. The van der Waals surface area contributed by atoms with E-state index >= 15 is 0 Å². The minimum atomic E-state index is -2.80. The quantitative estimate of drug-likeness (QED) is 0.129. The van der Waals surface area contributed by atoms with E-state index in [2.05, 4.69) is 16.0 Å². The second kappa shape index (κ2) is 17.8. The number of nitrogens with two attached hydrogens (primary N) is 1. The van der Waals surface area contributed by atoms with E-state index in [9.17, 15) is 14.4 Å². The van der Waals surface area contributed by atoms with Crippen molar-refractivity contribution in [1.29, 1.82) is 0 Å². The van der Waals surface area contributed by atoms with Gasteiger partial charge in [-0.2, -0.15) is 11.8 Å². The van der Waals surface area contributed by atoms with Crippen LogP contribution in [0.25, 0.3) is 0 Å². The van der Waals surface area contributed by atoms with Crippen LogP contribution in [-0.4, -0.2) is 112 Å². The van der Waals surface area contributed by atoms with Gasteiger partial charge in [-0.15, -0.1) is 0 Å². The van der Waals surface area contributed by atoms with Gasteiger partial charge in [0.1, 0.15) is 0 Å². The molecule has 3 atom stereocenters. The number of unbranched alkanes of at least 4 members (excludes halogenated alkanes) is 1. The monoisotopic (exact) mass is 525 g/mol. The lowest BCUT2D eigenvalue weighted by Crippen LogP contribution is -2.38. The van der Waals surface area contributed by atoms with E-state index in [4.69, 9.17) is 30.9 Å². The first-order chi connectivity index (χ1) is 19.9. The summed E-state index contributed by atoms with van der Waals surface area (Å²) in [5, 5.41) is 8.42.